The Hall–Kier alpha value is -2.64. The maximum atomic E-state index is 12.5. The molecule has 1 aromatic carbocycles. The van der Waals surface area contributed by atoms with Crippen molar-refractivity contribution in [2.75, 3.05) is 14.2 Å². The van der Waals surface area contributed by atoms with E-state index in [0.717, 1.165) is 25.7 Å². The Labute approximate surface area is 169 Å². The molecule has 0 heterocycles. The zero-order chi connectivity index (χ0) is 21.4. The van der Waals surface area contributed by atoms with Gasteiger partial charge in [-0.15, -0.1) is 0 Å². The third-order valence-corrected chi connectivity index (χ3v) is 4.93. The number of amides is 1. The molecule has 0 saturated heterocycles. The van der Waals surface area contributed by atoms with Crippen molar-refractivity contribution in [3.8, 4) is 11.5 Å². The lowest BCUT2D eigenvalue weighted by molar-refractivity contribution is -0.156. The number of carbonyl (C=O) groups excluding carboxylic acids is 2. The van der Waals surface area contributed by atoms with Gasteiger partial charge in [0.1, 0.15) is 0 Å². The molecule has 1 aliphatic carbocycles. The van der Waals surface area contributed by atoms with Crippen LogP contribution in [0.1, 0.15) is 44.6 Å². The van der Waals surface area contributed by atoms with E-state index in [4.69, 9.17) is 9.47 Å². The fraction of sp³-hybridized carbons (Fsp3) is 0.524. The van der Waals surface area contributed by atoms with Crippen molar-refractivity contribution >= 4 is 18.0 Å². The molecule has 1 saturated carbocycles. The predicted molar refractivity (Wildman–Crippen MR) is 104 cm³/mol. The van der Waals surface area contributed by atoms with Crippen LogP contribution in [0.5, 0.6) is 11.5 Å². The van der Waals surface area contributed by atoms with Crippen molar-refractivity contribution in [1.82, 2.24) is 4.90 Å². The first-order valence-electron chi connectivity index (χ1n) is 9.60. The quantitative estimate of drug-likeness (QED) is 0.477. The summed E-state index contributed by atoms with van der Waals surface area (Å²) >= 11 is 0. The first-order chi connectivity index (χ1) is 13.8. The maximum absolute atomic E-state index is 12.5. The highest BCUT2D eigenvalue weighted by Gasteiger charge is 2.27. The highest BCUT2D eigenvalue weighted by atomic mass is 19.3. The number of esters is 1. The topological polar surface area (TPSA) is 65.1 Å². The molecular formula is C21H27F2NO5. The lowest BCUT2D eigenvalue weighted by atomic mass is 9.94. The number of carbonyl (C=O) groups is 2. The van der Waals surface area contributed by atoms with Crippen LogP contribution in [0.15, 0.2) is 24.3 Å². The minimum atomic E-state index is -2.97. The molecule has 8 heteroatoms. The molecule has 0 aromatic heterocycles. The summed E-state index contributed by atoms with van der Waals surface area (Å²) < 4.78 is 39.3. The number of hydrogen-bond acceptors (Lipinski definition) is 5. The van der Waals surface area contributed by atoms with Gasteiger partial charge in [0, 0.05) is 19.2 Å². The number of methoxy groups -OCH3 is 1. The Morgan fingerprint density at radius 2 is 1.86 bits per heavy atom. The minimum absolute atomic E-state index is 0.104. The SMILES string of the molecule is COc1cc(/C=C/C(=O)O[C@H](C)C(=O)N(C)C2CCCCC2)ccc1OC(F)F. The van der Waals surface area contributed by atoms with Crippen LogP contribution in [0.2, 0.25) is 0 Å². The average molecular weight is 411 g/mol. The van der Waals surface area contributed by atoms with Crippen LogP contribution in [-0.4, -0.2) is 49.7 Å². The van der Waals surface area contributed by atoms with Gasteiger partial charge in [0.2, 0.25) is 0 Å². The zero-order valence-electron chi connectivity index (χ0n) is 16.9. The molecule has 160 valence electrons. The first-order valence-corrected chi connectivity index (χ1v) is 9.60. The van der Waals surface area contributed by atoms with Gasteiger partial charge in [0.25, 0.3) is 5.91 Å². The van der Waals surface area contributed by atoms with E-state index in [9.17, 15) is 18.4 Å². The number of hydrogen-bond donors (Lipinski definition) is 0. The van der Waals surface area contributed by atoms with E-state index in [1.807, 2.05) is 0 Å². The molecule has 0 radical (unpaired) electrons. The molecule has 6 nitrogen and oxygen atoms in total. The molecule has 0 aliphatic heterocycles. The standard InChI is InChI=1S/C21H27F2NO5/c1-14(20(26)24(2)16-7-5-4-6-8-16)28-19(25)12-10-15-9-11-17(29-21(22)23)18(13-15)27-3/h9-14,16,21H,4-8H2,1-3H3/b12-10+/t14-/m1/s1. The summed E-state index contributed by atoms with van der Waals surface area (Å²) in [5, 5.41) is 0. The smallest absolute Gasteiger partial charge is 0.387 e. The van der Waals surface area contributed by atoms with Crippen LogP contribution in [0, 0.1) is 0 Å². The average Bonchev–Trinajstić information content (AvgIpc) is 2.72. The molecule has 2 rings (SSSR count). The molecule has 1 fully saturated rings. The van der Waals surface area contributed by atoms with Crippen LogP contribution in [0.4, 0.5) is 8.78 Å². The minimum Gasteiger partial charge on any atom is -0.493 e. The molecule has 1 aliphatic rings. The Bertz CT molecular complexity index is 732. The number of likely N-dealkylation sites (N-methyl/N-ethyl adjacent to an activating group) is 1. The van der Waals surface area contributed by atoms with Crippen LogP contribution in [0.3, 0.4) is 0 Å². The lowest BCUT2D eigenvalue weighted by Gasteiger charge is -2.32. The maximum Gasteiger partial charge on any atom is 0.387 e. The van der Waals surface area contributed by atoms with Crippen LogP contribution in [0.25, 0.3) is 6.08 Å². The Morgan fingerprint density at radius 1 is 1.17 bits per heavy atom. The molecule has 1 amide bonds. The predicted octanol–water partition coefficient (Wildman–Crippen LogP) is 4.03. The number of ether oxygens (including phenoxy) is 3. The van der Waals surface area contributed by atoms with Gasteiger partial charge in [-0.05, 0) is 43.5 Å². The van der Waals surface area contributed by atoms with Gasteiger partial charge in [-0.3, -0.25) is 4.79 Å². The fourth-order valence-corrected chi connectivity index (χ4v) is 3.34. The van der Waals surface area contributed by atoms with E-state index in [0.29, 0.717) is 5.56 Å². The van der Waals surface area contributed by atoms with Crippen molar-refractivity contribution in [3.63, 3.8) is 0 Å². The van der Waals surface area contributed by atoms with Gasteiger partial charge in [-0.25, -0.2) is 4.79 Å². The summed E-state index contributed by atoms with van der Waals surface area (Å²) in [6.45, 7) is -1.42. The first kappa shape index (κ1) is 22.6. The van der Waals surface area contributed by atoms with Crippen molar-refractivity contribution < 1.29 is 32.6 Å². The Balaban J connectivity index is 1.93. The van der Waals surface area contributed by atoms with Gasteiger partial charge in [0.15, 0.2) is 17.6 Å². The molecule has 0 bridgehead atoms. The van der Waals surface area contributed by atoms with Gasteiger partial charge >= 0.3 is 12.6 Å². The zero-order valence-corrected chi connectivity index (χ0v) is 16.9. The monoisotopic (exact) mass is 411 g/mol. The third-order valence-electron chi connectivity index (χ3n) is 4.93. The van der Waals surface area contributed by atoms with E-state index in [1.165, 1.54) is 43.9 Å². The molecule has 0 N–H and O–H groups in total. The molecule has 1 aromatic rings. The van der Waals surface area contributed by atoms with Crippen LogP contribution in [-0.2, 0) is 14.3 Å². The van der Waals surface area contributed by atoms with E-state index < -0.39 is 18.7 Å². The Morgan fingerprint density at radius 3 is 2.48 bits per heavy atom. The second-order valence-corrected chi connectivity index (χ2v) is 6.94. The van der Waals surface area contributed by atoms with Crippen LogP contribution >= 0.6 is 0 Å². The van der Waals surface area contributed by atoms with Crippen molar-refractivity contribution in [3.05, 3.63) is 29.8 Å². The molecule has 0 spiro atoms. The summed E-state index contributed by atoms with van der Waals surface area (Å²) in [7, 11) is 3.07. The fourth-order valence-electron chi connectivity index (χ4n) is 3.34. The summed E-state index contributed by atoms with van der Waals surface area (Å²) in [5.74, 6) is -0.894. The largest absolute Gasteiger partial charge is 0.493 e. The van der Waals surface area contributed by atoms with Crippen LogP contribution < -0.4 is 9.47 Å². The number of alkyl halides is 2. The number of halogens is 2. The highest BCUT2D eigenvalue weighted by molar-refractivity contribution is 5.90. The molecule has 1 atom stereocenters. The number of nitrogens with zero attached hydrogens (tertiary/aromatic N) is 1. The number of rotatable bonds is 8. The molecule has 0 unspecified atom stereocenters. The van der Waals surface area contributed by atoms with Gasteiger partial charge in [-0.2, -0.15) is 8.78 Å². The van der Waals surface area contributed by atoms with Crippen molar-refractivity contribution in [1.29, 1.82) is 0 Å². The third kappa shape index (κ3) is 6.73. The summed E-state index contributed by atoms with van der Waals surface area (Å²) in [6, 6.07) is 4.46. The second-order valence-electron chi connectivity index (χ2n) is 6.94. The number of benzene rings is 1. The molecular weight excluding hydrogens is 384 g/mol. The van der Waals surface area contributed by atoms with E-state index >= 15 is 0 Å². The second kappa shape index (κ2) is 10.8. The lowest BCUT2D eigenvalue weighted by Crippen LogP contribution is -2.44. The summed E-state index contributed by atoms with van der Waals surface area (Å²) in [4.78, 5) is 26.2. The summed E-state index contributed by atoms with van der Waals surface area (Å²) in [6.07, 6.45) is 7.05. The molecule has 29 heavy (non-hydrogen) atoms. The van der Waals surface area contributed by atoms with Crippen molar-refractivity contribution in [2.24, 2.45) is 0 Å². The van der Waals surface area contributed by atoms with E-state index in [1.54, 1.807) is 18.9 Å². The van der Waals surface area contributed by atoms with Gasteiger partial charge in [-0.1, -0.05) is 25.3 Å². The van der Waals surface area contributed by atoms with E-state index in [2.05, 4.69) is 4.74 Å². The normalized spacial score (nSPS) is 15.9. The van der Waals surface area contributed by atoms with Gasteiger partial charge < -0.3 is 19.1 Å². The van der Waals surface area contributed by atoms with E-state index in [-0.39, 0.29) is 23.4 Å². The van der Waals surface area contributed by atoms with Gasteiger partial charge in [0.05, 0.1) is 7.11 Å². The highest BCUT2D eigenvalue weighted by Crippen LogP contribution is 2.30. The summed E-state index contributed by atoms with van der Waals surface area (Å²) in [5.41, 5.74) is 0.527. The van der Waals surface area contributed by atoms with Crippen molar-refractivity contribution in [2.45, 2.75) is 57.8 Å². The Kier molecular flexibility index (Phi) is 8.42.